The number of nitrogens with one attached hydrogen (secondary N) is 2. The summed E-state index contributed by atoms with van der Waals surface area (Å²) in [5.74, 6) is -0.660. The van der Waals surface area contributed by atoms with Gasteiger partial charge in [-0.3, -0.25) is 25.4 Å². The number of aryl methyl sites for hydroxylation is 2. The molecule has 0 aliphatic heterocycles. The molecule has 3 aromatic rings. The summed E-state index contributed by atoms with van der Waals surface area (Å²) in [5, 5.41) is 0.881. The number of pyridine rings is 1. The van der Waals surface area contributed by atoms with Crippen molar-refractivity contribution in [2.75, 3.05) is 0 Å². The molecule has 0 saturated carbocycles. The predicted octanol–water partition coefficient (Wildman–Crippen LogP) is 2.86. The van der Waals surface area contributed by atoms with Gasteiger partial charge in [0.25, 0.3) is 11.8 Å². The van der Waals surface area contributed by atoms with Gasteiger partial charge in [0.05, 0.1) is 16.0 Å². The Morgan fingerprint density at radius 2 is 1.88 bits per heavy atom. The van der Waals surface area contributed by atoms with E-state index in [1.54, 1.807) is 18.3 Å². The zero-order chi connectivity index (χ0) is 16.5. The molecule has 0 atom stereocenters. The van der Waals surface area contributed by atoms with Crippen LogP contribution in [0.1, 0.15) is 36.9 Å². The van der Waals surface area contributed by atoms with Crippen LogP contribution in [0.15, 0.2) is 42.6 Å². The standard InChI is InChI=1S/C18H15N3O2S/c22-17(13-7-1-4-11-6-3-9-19-16(11)13)20-21-18(23)15-10-12-5-2-8-14(12)24-15/h1,3-4,6-7,9-10H,2,5,8H2,(H,20,22)(H,21,23). The summed E-state index contributed by atoms with van der Waals surface area (Å²) in [6.45, 7) is 0. The molecular weight excluding hydrogens is 322 g/mol. The Bertz CT molecular complexity index is 922. The summed E-state index contributed by atoms with van der Waals surface area (Å²) in [4.78, 5) is 30.8. The number of carbonyl (C=O) groups is 2. The SMILES string of the molecule is O=C(NNC(=O)c1cccc2cccnc12)c1cc2c(s1)CCC2. The van der Waals surface area contributed by atoms with Gasteiger partial charge in [0, 0.05) is 16.5 Å². The molecule has 5 nitrogen and oxygen atoms in total. The summed E-state index contributed by atoms with van der Waals surface area (Å²) in [7, 11) is 0. The first kappa shape index (κ1) is 14.8. The van der Waals surface area contributed by atoms with Crippen LogP contribution in [0, 0.1) is 0 Å². The predicted molar refractivity (Wildman–Crippen MR) is 93.0 cm³/mol. The monoisotopic (exact) mass is 337 g/mol. The van der Waals surface area contributed by atoms with E-state index < -0.39 is 0 Å². The summed E-state index contributed by atoms with van der Waals surface area (Å²) in [6, 6.07) is 11.0. The van der Waals surface area contributed by atoms with Crippen LogP contribution in [-0.4, -0.2) is 16.8 Å². The summed E-state index contributed by atoms with van der Waals surface area (Å²) >= 11 is 1.50. The van der Waals surface area contributed by atoms with Crippen molar-refractivity contribution in [3.63, 3.8) is 0 Å². The van der Waals surface area contributed by atoms with Crippen molar-refractivity contribution in [2.24, 2.45) is 0 Å². The number of carbonyl (C=O) groups excluding carboxylic acids is 2. The molecule has 0 saturated heterocycles. The molecular formula is C18H15N3O2S. The van der Waals surface area contributed by atoms with Crippen molar-refractivity contribution in [2.45, 2.75) is 19.3 Å². The molecule has 4 rings (SSSR count). The highest BCUT2D eigenvalue weighted by Crippen LogP contribution is 2.30. The molecule has 0 fully saturated rings. The average Bonchev–Trinajstić information content (AvgIpc) is 3.20. The third-order valence-corrected chi connectivity index (χ3v) is 5.37. The zero-order valence-electron chi connectivity index (χ0n) is 12.8. The van der Waals surface area contributed by atoms with Gasteiger partial charge < -0.3 is 0 Å². The second-order valence-corrected chi connectivity index (χ2v) is 6.84. The maximum absolute atomic E-state index is 12.4. The van der Waals surface area contributed by atoms with Crippen molar-refractivity contribution in [3.05, 3.63) is 63.5 Å². The maximum Gasteiger partial charge on any atom is 0.279 e. The van der Waals surface area contributed by atoms with Crippen LogP contribution in [0.25, 0.3) is 10.9 Å². The number of hydrogen-bond donors (Lipinski definition) is 2. The zero-order valence-corrected chi connectivity index (χ0v) is 13.7. The molecule has 1 aliphatic carbocycles. The lowest BCUT2D eigenvalue weighted by atomic mass is 10.1. The minimum Gasteiger partial charge on any atom is -0.267 e. The first-order valence-electron chi connectivity index (χ1n) is 7.78. The Kier molecular flexibility index (Phi) is 3.74. The van der Waals surface area contributed by atoms with Crippen LogP contribution in [0.2, 0.25) is 0 Å². The van der Waals surface area contributed by atoms with E-state index in [9.17, 15) is 9.59 Å². The number of hydrazine groups is 1. The Hall–Kier alpha value is -2.73. The Balaban J connectivity index is 1.48. The Labute approximate surface area is 142 Å². The van der Waals surface area contributed by atoms with Crippen LogP contribution in [-0.2, 0) is 12.8 Å². The number of nitrogens with zero attached hydrogens (tertiary/aromatic N) is 1. The van der Waals surface area contributed by atoms with Crippen LogP contribution in [0.3, 0.4) is 0 Å². The molecule has 0 unspecified atom stereocenters. The van der Waals surface area contributed by atoms with Gasteiger partial charge >= 0.3 is 0 Å². The fourth-order valence-corrected chi connectivity index (χ4v) is 4.12. The van der Waals surface area contributed by atoms with E-state index in [2.05, 4.69) is 15.8 Å². The van der Waals surface area contributed by atoms with Crippen molar-refractivity contribution in [3.8, 4) is 0 Å². The molecule has 2 amide bonds. The largest absolute Gasteiger partial charge is 0.279 e. The van der Waals surface area contributed by atoms with Crippen molar-refractivity contribution in [1.29, 1.82) is 0 Å². The third kappa shape index (κ3) is 2.65. The molecule has 0 bridgehead atoms. The molecule has 2 N–H and O–H groups in total. The fourth-order valence-electron chi connectivity index (χ4n) is 2.97. The summed E-state index contributed by atoms with van der Waals surface area (Å²) in [5.41, 5.74) is 7.28. The highest BCUT2D eigenvalue weighted by atomic mass is 32.1. The van der Waals surface area contributed by atoms with E-state index in [1.807, 2.05) is 24.3 Å². The molecule has 120 valence electrons. The van der Waals surface area contributed by atoms with Gasteiger partial charge in [-0.1, -0.05) is 18.2 Å². The van der Waals surface area contributed by atoms with E-state index in [0.717, 1.165) is 24.6 Å². The number of amides is 2. The number of aromatic nitrogens is 1. The van der Waals surface area contributed by atoms with E-state index in [-0.39, 0.29) is 11.8 Å². The summed E-state index contributed by atoms with van der Waals surface area (Å²) < 4.78 is 0. The molecule has 24 heavy (non-hydrogen) atoms. The van der Waals surface area contributed by atoms with Gasteiger partial charge in [0.15, 0.2) is 0 Å². The minimum atomic E-state index is -0.378. The van der Waals surface area contributed by atoms with Crippen molar-refractivity contribution < 1.29 is 9.59 Å². The van der Waals surface area contributed by atoms with Crippen molar-refractivity contribution >= 4 is 34.1 Å². The molecule has 1 aromatic carbocycles. The van der Waals surface area contributed by atoms with Gasteiger partial charge in [-0.25, -0.2) is 0 Å². The number of para-hydroxylation sites is 1. The van der Waals surface area contributed by atoms with Gasteiger partial charge in [-0.05, 0) is 43.0 Å². The van der Waals surface area contributed by atoms with Gasteiger partial charge in [0.2, 0.25) is 0 Å². The number of fused-ring (bicyclic) bond motifs is 2. The maximum atomic E-state index is 12.4. The number of benzene rings is 1. The Morgan fingerprint density at radius 3 is 2.75 bits per heavy atom. The quantitative estimate of drug-likeness (QED) is 0.706. The van der Waals surface area contributed by atoms with Gasteiger partial charge in [0.1, 0.15) is 0 Å². The molecule has 2 heterocycles. The topological polar surface area (TPSA) is 71.1 Å². The third-order valence-electron chi connectivity index (χ3n) is 4.14. The van der Waals surface area contributed by atoms with E-state index >= 15 is 0 Å². The summed E-state index contributed by atoms with van der Waals surface area (Å²) in [6.07, 6.45) is 4.88. The first-order chi connectivity index (χ1) is 11.7. The van der Waals surface area contributed by atoms with Crippen LogP contribution < -0.4 is 10.9 Å². The smallest absolute Gasteiger partial charge is 0.267 e. The number of hydrogen-bond acceptors (Lipinski definition) is 4. The molecule has 0 radical (unpaired) electrons. The highest BCUT2D eigenvalue weighted by Gasteiger charge is 2.19. The van der Waals surface area contributed by atoms with E-state index in [4.69, 9.17) is 0 Å². The van der Waals surface area contributed by atoms with Crippen LogP contribution >= 0.6 is 11.3 Å². The van der Waals surface area contributed by atoms with E-state index in [0.29, 0.717) is 16.0 Å². The van der Waals surface area contributed by atoms with Crippen LogP contribution in [0.5, 0.6) is 0 Å². The van der Waals surface area contributed by atoms with E-state index in [1.165, 1.54) is 21.8 Å². The average molecular weight is 337 g/mol. The molecule has 1 aliphatic rings. The molecule has 6 heteroatoms. The lowest BCUT2D eigenvalue weighted by Gasteiger charge is -2.08. The normalized spacial score (nSPS) is 12.8. The van der Waals surface area contributed by atoms with Gasteiger partial charge in [-0.2, -0.15) is 0 Å². The molecule has 2 aromatic heterocycles. The number of rotatable bonds is 2. The number of thiophene rings is 1. The fraction of sp³-hybridized carbons (Fsp3) is 0.167. The van der Waals surface area contributed by atoms with Crippen molar-refractivity contribution in [1.82, 2.24) is 15.8 Å². The minimum absolute atomic E-state index is 0.282. The lowest BCUT2D eigenvalue weighted by Crippen LogP contribution is -2.41. The highest BCUT2D eigenvalue weighted by molar-refractivity contribution is 7.14. The first-order valence-corrected chi connectivity index (χ1v) is 8.60. The second-order valence-electron chi connectivity index (χ2n) is 5.70. The van der Waals surface area contributed by atoms with Crippen LogP contribution in [0.4, 0.5) is 0 Å². The second kappa shape index (κ2) is 6.05. The lowest BCUT2D eigenvalue weighted by molar-refractivity contribution is 0.0849. The van der Waals surface area contributed by atoms with Gasteiger partial charge in [-0.15, -0.1) is 11.3 Å². The Morgan fingerprint density at radius 1 is 1.04 bits per heavy atom. The molecule has 0 spiro atoms.